The van der Waals surface area contributed by atoms with E-state index in [2.05, 4.69) is 5.16 Å². The number of nitrogens with zero attached hydrogens (tertiary/aromatic N) is 2. The van der Waals surface area contributed by atoms with E-state index < -0.39 is 0 Å². The average molecular weight is 355 g/mol. The minimum absolute atomic E-state index is 0.0187. The Kier molecular flexibility index (Phi) is 5.51. The van der Waals surface area contributed by atoms with Gasteiger partial charge in [-0.05, 0) is 17.2 Å². The first-order chi connectivity index (χ1) is 12.1. The number of halogens is 1. The molecule has 2 aromatic carbocycles. The summed E-state index contributed by atoms with van der Waals surface area (Å²) in [5.41, 5.74) is 2.02. The number of rotatable bonds is 6. The zero-order valence-electron chi connectivity index (χ0n) is 13.9. The van der Waals surface area contributed by atoms with Crippen molar-refractivity contribution in [2.75, 3.05) is 7.05 Å². The molecule has 3 rings (SSSR count). The van der Waals surface area contributed by atoms with Crippen molar-refractivity contribution in [3.8, 4) is 0 Å². The summed E-state index contributed by atoms with van der Waals surface area (Å²) in [5.74, 6) is 0.578. The van der Waals surface area contributed by atoms with E-state index in [0.717, 1.165) is 11.1 Å². The van der Waals surface area contributed by atoms with Gasteiger partial charge in [0.15, 0.2) is 5.76 Å². The average Bonchev–Trinajstić information content (AvgIpc) is 3.14. The van der Waals surface area contributed by atoms with Gasteiger partial charge in [0.25, 0.3) is 0 Å². The molecule has 128 valence electrons. The van der Waals surface area contributed by atoms with Gasteiger partial charge < -0.3 is 9.42 Å². The van der Waals surface area contributed by atoms with Crippen LogP contribution in [0.3, 0.4) is 0 Å². The van der Waals surface area contributed by atoms with E-state index in [0.29, 0.717) is 23.7 Å². The van der Waals surface area contributed by atoms with E-state index in [9.17, 15) is 4.79 Å². The van der Waals surface area contributed by atoms with Gasteiger partial charge in [-0.2, -0.15) is 0 Å². The fourth-order valence-corrected chi connectivity index (χ4v) is 3.09. The van der Waals surface area contributed by atoms with Crippen LogP contribution in [0.1, 0.15) is 29.2 Å². The second-order valence-electron chi connectivity index (χ2n) is 5.92. The number of amides is 1. The minimum atomic E-state index is -0.0976. The zero-order valence-corrected chi connectivity index (χ0v) is 14.7. The fraction of sp³-hybridized carbons (Fsp3) is 0.200. The van der Waals surface area contributed by atoms with Crippen molar-refractivity contribution in [2.45, 2.75) is 18.9 Å². The molecule has 1 heterocycles. The van der Waals surface area contributed by atoms with Crippen molar-refractivity contribution >= 4 is 17.5 Å². The van der Waals surface area contributed by atoms with Gasteiger partial charge in [-0.25, -0.2) is 0 Å². The summed E-state index contributed by atoms with van der Waals surface area (Å²) in [5, 5.41) is 4.34. The third-order valence-corrected chi connectivity index (χ3v) is 4.52. The van der Waals surface area contributed by atoms with E-state index >= 15 is 0 Å². The highest BCUT2D eigenvalue weighted by Crippen LogP contribution is 2.33. The second-order valence-corrected chi connectivity index (χ2v) is 6.32. The van der Waals surface area contributed by atoms with Gasteiger partial charge in [-0.15, -0.1) is 0 Å². The molecule has 0 aliphatic carbocycles. The van der Waals surface area contributed by atoms with Crippen LogP contribution in [0.25, 0.3) is 0 Å². The predicted molar refractivity (Wildman–Crippen MR) is 97.3 cm³/mol. The molecular formula is C20H19ClN2O2. The van der Waals surface area contributed by atoms with Crippen LogP contribution < -0.4 is 0 Å². The second kappa shape index (κ2) is 7.99. The number of carbonyl (C=O) groups is 1. The molecule has 1 unspecified atom stereocenters. The number of hydrogen-bond acceptors (Lipinski definition) is 3. The van der Waals surface area contributed by atoms with Crippen molar-refractivity contribution in [3.63, 3.8) is 0 Å². The lowest BCUT2D eigenvalue weighted by molar-refractivity contribution is -0.130. The highest BCUT2D eigenvalue weighted by molar-refractivity contribution is 6.31. The summed E-state index contributed by atoms with van der Waals surface area (Å²) in [6.45, 7) is 0.392. The quantitative estimate of drug-likeness (QED) is 0.654. The van der Waals surface area contributed by atoms with Crippen LogP contribution >= 0.6 is 11.6 Å². The van der Waals surface area contributed by atoms with E-state index in [1.54, 1.807) is 24.2 Å². The molecule has 4 nitrogen and oxygen atoms in total. The van der Waals surface area contributed by atoms with Gasteiger partial charge >= 0.3 is 0 Å². The number of benzene rings is 2. The zero-order chi connectivity index (χ0) is 17.6. The van der Waals surface area contributed by atoms with E-state index in [1.807, 2.05) is 54.6 Å². The van der Waals surface area contributed by atoms with Crippen LogP contribution in [0, 0.1) is 0 Å². The van der Waals surface area contributed by atoms with E-state index in [4.69, 9.17) is 16.1 Å². The molecule has 1 amide bonds. The molecule has 0 radical (unpaired) electrons. The lowest BCUT2D eigenvalue weighted by atomic mass is 9.88. The van der Waals surface area contributed by atoms with Crippen LogP contribution in [0.4, 0.5) is 0 Å². The third kappa shape index (κ3) is 4.28. The standard InChI is InChI=1S/C20H19ClN2O2/c1-23(14-16-11-12-22-25-16)20(24)13-18(15-7-3-2-4-8-15)17-9-5-6-10-19(17)21/h2-12,18H,13-14H2,1H3. The predicted octanol–water partition coefficient (Wildman–Crippen LogP) is 4.51. The summed E-state index contributed by atoms with van der Waals surface area (Å²) in [6.07, 6.45) is 1.91. The Morgan fingerprint density at radius 1 is 1.12 bits per heavy atom. The third-order valence-electron chi connectivity index (χ3n) is 4.17. The molecule has 0 aliphatic rings. The normalized spacial score (nSPS) is 11.9. The molecular weight excluding hydrogens is 336 g/mol. The first kappa shape index (κ1) is 17.2. The maximum absolute atomic E-state index is 12.8. The summed E-state index contributed by atoms with van der Waals surface area (Å²) in [7, 11) is 1.76. The number of aromatic nitrogens is 1. The van der Waals surface area contributed by atoms with Crippen LogP contribution in [0.2, 0.25) is 5.02 Å². The Morgan fingerprint density at radius 3 is 2.52 bits per heavy atom. The number of carbonyl (C=O) groups excluding carboxylic acids is 1. The smallest absolute Gasteiger partial charge is 0.223 e. The van der Waals surface area contributed by atoms with Crippen LogP contribution in [0.5, 0.6) is 0 Å². The Labute approximate surface area is 152 Å². The van der Waals surface area contributed by atoms with Crippen molar-refractivity contribution in [1.82, 2.24) is 10.1 Å². The highest BCUT2D eigenvalue weighted by atomic mass is 35.5. The molecule has 3 aromatic rings. The molecule has 0 bridgehead atoms. The van der Waals surface area contributed by atoms with Gasteiger partial charge in [0.05, 0.1) is 12.7 Å². The van der Waals surface area contributed by atoms with Crippen LogP contribution in [-0.2, 0) is 11.3 Å². The number of hydrogen-bond donors (Lipinski definition) is 0. The molecule has 0 saturated carbocycles. The molecule has 1 atom stereocenters. The summed E-state index contributed by atoms with van der Waals surface area (Å²) >= 11 is 6.40. The van der Waals surface area contributed by atoms with E-state index in [-0.39, 0.29) is 11.8 Å². The fourth-order valence-electron chi connectivity index (χ4n) is 2.83. The van der Waals surface area contributed by atoms with Crippen molar-refractivity contribution < 1.29 is 9.32 Å². The Bertz CT molecular complexity index is 819. The maximum Gasteiger partial charge on any atom is 0.223 e. The SMILES string of the molecule is CN(Cc1ccno1)C(=O)CC(c1ccccc1)c1ccccc1Cl. The van der Waals surface area contributed by atoms with Gasteiger partial charge in [-0.3, -0.25) is 4.79 Å². The summed E-state index contributed by atoms with van der Waals surface area (Å²) in [4.78, 5) is 14.4. The molecule has 0 N–H and O–H groups in total. The molecule has 1 aromatic heterocycles. The molecule has 0 saturated heterocycles. The highest BCUT2D eigenvalue weighted by Gasteiger charge is 2.22. The minimum Gasteiger partial charge on any atom is -0.360 e. The Balaban J connectivity index is 1.83. The first-order valence-corrected chi connectivity index (χ1v) is 8.46. The Hall–Kier alpha value is -2.59. The summed E-state index contributed by atoms with van der Waals surface area (Å²) in [6, 6.07) is 19.4. The monoisotopic (exact) mass is 354 g/mol. The Morgan fingerprint density at radius 2 is 1.84 bits per heavy atom. The molecule has 0 aliphatic heterocycles. The van der Waals surface area contributed by atoms with Gasteiger partial charge in [0.1, 0.15) is 0 Å². The first-order valence-electron chi connectivity index (χ1n) is 8.08. The molecule has 0 spiro atoms. The lowest BCUT2D eigenvalue weighted by Crippen LogP contribution is -2.27. The summed E-state index contributed by atoms with van der Waals surface area (Å²) < 4.78 is 5.08. The van der Waals surface area contributed by atoms with E-state index in [1.165, 1.54) is 0 Å². The van der Waals surface area contributed by atoms with Crippen molar-refractivity contribution in [3.05, 3.63) is 88.8 Å². The van der Waals surface area contributed by atoms with Crippen LogP contribution in [0.15, 0.2) is 71.4 Å². The lowest BCUT2D eigenvalue weighted by Gasteiger charge is -2.22. The topological polar surface area (TPSA) is 46.3 Å². The largest absolute Gasteiger partial charge is 0.360 e. The van der Waals surface area contributed by atoms with Gasteiger partial charge in [0, 0.05) is 30.5 Å². The van der Waals surface area contributed by atoms with Gasteiger partial charge in [0.2, 0.25) is 5.91 Å². The molecule has 0 fully saturated rings. The maximum atomic E-state index is 12.8. The van der Waals surface area contributed by atoms with Crippen molar-refractivity contribution in [2.24, 2.45) is 0 Å². The van der Waals surface area contributed by atoms with Crippen LogP contribution in [-0.4, -0.2) is 23.0 Å². The van der Waals surface area contributed by atoms with Crippen molar-refractivity contribution in [1.29, 1.82) is 0 Å². The molecule has 25 heavy (non-hydrogen) atoms. The molecule has 5 heteroatoms. The van der Waals surface area contributed by atoms with Gasteiger partial charge in [-0.1, -0.05) is 65.3 Å².